The van der Waals surface area contributed by atoms with Gasteiger partial charge in [-0.05, 0) is 49.1 Å². The van der Waals surface area contributed by atoms with Gasteiger partial charge >= 0.3 is 0 Å². The van der Waals surface area contributed by atoms with Crippen LogP contribution in [-0.2, 0) is 4.74 Å². The summed E-state index contributed by atoms with van der Waals surface area (Å²) in [5.41, 5.74) is 11.6. The molecule has 1 amide bonds. The van der Waals surface area contributed by atoms with E-state index in [-0.39, 0.29) is 5.91 Å². The normalized spacial score (nSPS) is 19.8. The molecule has 4 heterocycles. The lowest BCUT2D eigenvalue weighted by Gasteiger charge is -2.55. The number of benzene rings is 1. The predicted octanol–water partition coefficient (Wildman–Crippen LogP) is 1.87. The summed E-state index contributed by atoms with van der Waals surface area (Å²) >= 11 is 0. The van der Waals surface area contributed by atoms with Gasteiger partial charge in [0, 0.05) is 38.1 Å². The molecule has 3 fully saturated rings. The number of imidazole rings is 1. The molecule has 0 radical (unpaired) electrons. The second kappa shape index (κ2) is 8.28. The first kappa shape index (κ1) is 22.4. The molecule has 1 atom stereocenters. The number of nitrogens with two attached hydrogens (primary N) is 2. The first-order chi connectivity index (χ1) is 16.8. The number of rotatable bonds is 7. The van der Waals surface area contributed by atoms with Gasteiger partial charge < -0.3 is 20.7 Å². The van der Waals surface area contributed by atoms with Crippen molar-refractivity contribution in [1.82, 2.24) is 19.5 Å². The summed E-state index contributed by atoms with van der Waals surface area (Å²) in [6, 6.07) is 10.2. The van der Waals surface area contributed by atoms with Crippen LogP contribution in [0.25, 0.3) is 5.65 Å². The van der Waals surface area contributed by atoms with Crippen molar-refractivity contribution in [3.05, 3.63) is 59.5 Å². The minimum absolute atomic E-state index is 0.220. The highest BCUT2D eigenvalue weighted by Crippen LogP contribution is 2.40. The zero-order chi connectivity index (χ0) is 24.3. The Hall–Kier alpha value is -3.02. The van der Waals surface area contributed by atoms with Gasteiger partial charge in [-0.25, -0.2) is 9.99 Å². The number of ether oxygens (including phenoxy) is 1. The van der Waals surface area contributed by atoms with E-state index in [1.807, 2.05) is 53.8 Å². The summed E-state index contributed by atoms with van der Waals surface area (Å²) in [5.74, 6) is 5.97. The van der Waals surface area contributed by atoms with Crippen LogP contribution in [0.4, 0.5) is 11.4 Å². The number of nitrogens with zero attached hydrogens (tertiary/aromatic N) is 5. The second-order valence-corrected chi connectivity index (χ2v) is 10.3. The molecule has 5 N–H and O–H groups in total. The smallest absolute Gasteiger partial charge is 0.274 e. The van der Waals surface area contributed by atoms with E-state index in [0.29, 0.717) is 22.8 Å². The van der Waals surface area contributed by atoms with Crippen molar-refractivity contribution in [2.24, 2.45) is 17.0 Å². The average Bonchev–Trinajstić information content (AvgIpc) is 3.56. The summed E-state index contributed by atoms with van der Waals surface area (Å²) in [6.07, 6.45) is 5.35. The number of hydrogen-bond acceptors (Lipinski definition) is 8. The fourth-order valence-corrected chi connectivity index (χ4v) is 4.94. The Bertz CT molecular complexity index is 1270. The highest BCUT2D eigenvalue weighted by atomic mass is 16.5. The van der Waals surface area contributed by atoms with E-state index in [0.717, 1.165) is 61.6 Å². The number of hydrogen-bond donors (Lipinski definition) is 3. The highest BCUT2D eigenvalue weighted by Gasteiger charge is 2.49. The first-order valence-electron chi connectivity index (χ1n) is 12.1. The third-order valence-electron chi connectivity index (χ3n) is 7.50. The Kier molecular flexibility index (Phi) is 5.31. The Morgan fingerprint density at radius 2 is 2.03 bits per heavy atom. The largest absolute Gasteiger partial charge is 0.380 e. The maximum atomic E-state index is 13.3. The number of aromatic nitrogens is 2. The molecule has 6 rings (SSSR count). The fourth-order valence-electron chi connectivity index (χ4n) is 4.94. The average molecular weight is 477 g/mol. The number of amides is 1. The standard InChI is InChI=1S/C25H32N8O2/c1-16-3-4-17(23(26)30(2)33(27)18-5-6-18)9-20(16)29-24(34)21-10-28-22-8-7-19(11-32(21)22)31-12-25(13-31)14-35-15-25/h3-4,7-11,18,23H,5-6,12-15,26-27H2,1-2H3,(H,29,34). The highest BCUT2D eigenvalue weighted by molar-refractivity contribution is 6.04. The first-order valence-corrected chi connectivity index (χ1v) is 12.1. The van der Waals surface area contributed by atoms with Gasteiger partial charge in [0.2, 0.25) is 0 Å². The van der Waals surface area contributed by atoms with Gasteiger partial charge in [0.15, 0.2) is 0 Å². The number of hydrazine groups is 2. The van der Waals surface area contributed by atoms with Gasteiger partial charge in [-0.1, -0.05) is 12.1 Å². The molecule has 1 aromatic carbocycles. The van der Waals surface area contributed by atoms with Crippen LogP contribution in [0.5, 0.6) is 0 Å². The van der Waals surface area contributed by atoms with E-state index in [1.165, 1.54) is 0 Å². The van der Waals surface area contributed by atoms with Crippen LogP contribution in [0.15, 0.2) is 42.7 Å². The van der Waals surface area contributed by atoms with Crippen LogP contribution in [0.3, 0.4) is 0 Å². The van der Waals surface area contributed by atoms with Crippen LogP contribution >= 0.6 is 0 Å². The summed E-state index contributed by atoms with van der Waals surface area (Å²) in [7, 11) is 1.88. The van der Waals surface area contributed by atoms with Gasteiger partial charge in [0.1, 0.15) is 11.3 Å². The number of carbonyl (C=O) groups is 1. The van der Waals surface area contributed by atoms with Crippen molar-refractivity contribution < 1.29 is 9.53 Å². The van der Waals surface area contributed by atoms with E-state index in [2.05, 4.69) is 21.3 Å². The van der Waals surface area contributed by atoms with Crippen molar-refractivity contribution >= 4 is 22.9 Å². The lowest BCUT2D eigenvalue weighted by atomic mass is 9.78. The quantitative estimate of drug-likeness (QED) is 0.269. The monoisotopic (exact) mass is 476 g/mol. The minimum atomic E-state index is -0.420. The Labute approximate surface area is 204 Å². The van der Waals surface area contributed by atoms with E-state index in [1.54, 1.807) is 11.3 Å². The molecule has 1 spiro atoms. The molecule has 10 nitrogen and oxygen atoms in total. The maximum Gasteiger partial charge on any atom is 0.274 e. The maximum absolute atomic E-state index is 13.3. The Morgan fingerprint density at radius 3 is 2.71 bits per heavy atom. The topological polar surface area (TPSA) is 117 Å². The van der Waals surface area contributed by atoms with Crippen LogP contribution in [0, 0.1) is 12.3 Å². The molecule has 10 heteroatoms. The zero-order valence-electron chi connectivity index (χ0n) is 20.1. The van der Waals surface area contributed by atoms with Crippen molar-refractivity contribution in [2.75, 3.05) is 43.6 Å². The van der Waals surface area contributed by atoms with Crippen LogP contribution in [0.2, 0.25) is 0 Å². The number of anilines is 2. The molecule has 2 aliphatic heterocycles. The van der Waals surface area contributed by atoms with E-state index in [9.17, 15) is 4.79 Å². The Balaban J connectivity index is 1.21. The number of aryl methyl sites for hydroxylation is 1. The van der Waals surface area contributed by atoms with E-state index in [4.69, 9.17) is 16.3 Å². The summed E-state index contributed by atoms with van der Waals surface area (Å²) < 4.78 is 7.24. The Morgan fingerprint density at radius 1 is 1.26 bits per heavy atom. The molecular formula is C25H32N8O2. The van der Waals surface area contributed by atoms with E-state index < -0.39 is 6.17 Å². The minimum Gasteiger partial charge on any atom is -0.380 e. The fraction of sp³-hybridized carbons (Fsp3) is 0.440. The summed E-state index contributed by atoms with van der Waals surface area (Å²) in [5, 5.41) is 6.61. The third-order valence-corrected chi connectivity index (χ3v) is 7.50. The van der Waals surface area contributed by atoms with Crippen molar-refractivity contribution in [3.8, 4) is 0 Å². The van der Waals surface area contributed by atoms with Crippen LogP contribution < -0.4 is 21.8 Å². The molecule has 3 aliphatic rings. The van der Waals surface area contributed by atoms with Gasteiger partial charge in [-0.15, -0.1) is 0 Å². The van der Waals surface area contributed by atoms with Crippen LogP contribution in [0.1, 0.15) is 40.6 Å². The SMILES string of the molecule is Cc1ccc(C(N)N(C)N(N)C2CC2)cc1NC(=O)c1cnc2ccc(N3CC4(COC4)C3)cn12. The molecule has 1 aliphatic carbocycles. The molecule has 2 saturated heterocycles. The summed E-state index contributed by atoms with van der Waals surface area (Å²) in [4.78, 5) is 20.1. The number of fused-ring (bicyclic) bond motifs is 1. The van der Waals surface area contributed by atoms with Crippen molar-refractivity contribution in [2.45, 2.75) is 32.0 Å². The molecule has 184 valence electrons. The molecule has 2 aromatic heterocycles. The molecule has 0 bridgehead atoms. The van der Waals surface area contributed by atoms with Crippen molar-refractivity contribution in [3.63, 3.8) is 0 Å². The van der Waals surface area contributed by atoms with Crippen molar-refractivity contribution in [1.29, 1.82) is 0 Å². The zero-order valence-corrected chi connectivity index (χ0v) is 20.1. The summed E-state index contributed by atoms with van der Waals surface area (Å²) in [6.45, 7) is 5.61. The van der Waals surface area contributed by atoms with Gasteiger partial charge in [-0.3, -0.25) is 15.0 Å². The molecule has 35 heavy (non-hydrogen) atoms. The lowest BCUT2D eigenvalue weighted by molar-refractivity contribution is -0.127. The van der Waals surface area contributed by atoms with Gasteiger partial charge in [0.05, 0.1) is 36.7 Å². The molecule has 1 saturated carbocycles. The molecule has 1 unspecified atom stereocenters. The third kappa shape index (κ3) is 3.97. The number of carbonyl (C=O) groups excluding carboxylic acids is 1. The lowest BCUT2D eigenvalue weighted by Crippen LogP contribution is -2.66. The molecular weight excluding hydrogens is 444 g/mol. The predicted molar refractivity (Wildman–Crippen MR) is 134 cm³/mol. The number of pyridine rings is 1. The van der Waals surface area contributed by atoms with Gasteiger partial charge in [-0.2, -0.15) is 5.12 Å². The van der Waals surface area contributed by atoms with Gasteiger partial charge in [0.25, 0.3) is 5.91 Å². The molecule has 3 aromatic rings. The van der Waals surface area contributed by atoms with E-state index >= 15 is 0 Å². The van der Waals surface area contributed by atoms with Crippen LogP contribution in [-0.4, -0.2) is 64.8 Å². The second-order valence-electron chi connectivity index (χ2n) is 10.3. The number of nitrogens with one attached hydrogen (secondary N) is 1.